The third kappa shape index (κ3) is 1.98. The van der Waals surface area contributed by atoms with E-state index in [-0.39, 0.29) is 11.9 Å². The molecule has 1 aliphatic carbocycles. The summed E-state index contributed by atoms with van der Waals surface area (Å²) < 4.78 is 23.7. The summed E-state index contributed by atoms with van der Waals surface area (Å²) in [6.45, 7) is 0. The summed E-state index contributed by atoms with van der Waals surface area (Å²) in [5.74, 6) is 0.215. The summed E-state index contributed by atoms with van der Waals surface area (Å²) in [5, 5.41) is 0. The van der Waals surface area contributed by atoms with E-state index in [9.17, 15) is 4.39 Å². The van der Waals surface area contributed by atoms with Crippen molar-refractivity contribution in [2.45, 2.75) is 25.4 Å². The Hall–Kier alpha value is -1.45. The average molecular weight is 211 g/mol. The van der Waals surface area contributed by atoms with Crippen molar-refractivity contribution in [1.82, 2.24) is 0 Å². The number of hydrogen-bond acceptors (Lipinski definition) is 3. The number of nitrogens with two attached hydrogens (primary N) is 1. The molecular weight excluding hydrogens is 197 g/mol. The van der Waals surface area contributed by atoms with Crippen molar-refractivity contribution in [1.29, 1.82) is 0 Å². The van der Waals surface area contributed by atoms with Crippen LogP contribution >= 0.6 is 0 Å². The zero-order chi connectivity index (χ0) is 10.8. The third-order valence-electron chi connectivity index (χ3n) is 2.63. The number of halogens is 1. The molecule has 0 aromatic heterocycles. The van der Waals surface area contributed by atoms with E-state index < -0.39 is 5.82 Å². The summed E-state index contributed by atoms with van der Waals surface area (Å²) in [6, 6.07) is 2.73. The monoisotopic (exact) mass is 211 g/mol. The maximum atomic E-state index is 13.2. The molecule has 0 amide bonds. The molecule has 15 heavy (non-hydrogen) atoms. The molecule has 1 fully saturated rings. The van der Waals surface area contributed by atoms with E-state index in [1.54, 1.807) is 0 Å². The largest absolute Gasteiger partial charge is 0.494 e. The van der Waals surface area contributed by atoms with Gasteiger partial charge in [0.25, 0.3) is 0 Å². The number of nitrogen functional groups attached to an aromatic ring is 1. The second-order valence-electron chi connectivity index (χ2n) is 3.70. The normalized spacial score (nSPS) is 15.9. The molecule has 4 heteroatoms. The summed E-state index contributed by atoms with van der Waals surface area (Å²) >= 11 is 0. The topological polar surface area (TPSA) is 44.5 Å². The number of benzene rings is 1. The molecule has 0 heterocycles. The van der Waals surface area contributed by atoms with E-state index in [2.05, 4.69) is 0 Å². The second-order valence-corrected chi connectivity index (χ2v) is 3.70. The maximum Gasteiger partial charge on any atom is 0.167 e. The number of rotatable bonds is 3. The van der Waals surface area contributed by atoms with Crippen LogP contribution < -0.4 is 15.2 Å². The molecule has 1 aliphatic rings. The zero-order valence-corrected chi connectivity index (χ0v) is 8.63. The van der Waals surface area contributed by atoms with Crippen LogP contribution in [0.2, 0.25) is 0 Å². The fourth-order valence-corrected chi connectivity index (χ4v) is 1.48. The number of ether oxygens (including phenoxy) is 2. The summed E-state index contributed by atoms with van der Waals surface area (Å²) in [7, 11) is 1.42. The highest BCUT2D eigenvalue weighted by molar-refractivity contribution is 5.56. The number of hydrogen-bond donors (Lipinski definition) is 1. The predicted octanol–water partition coefficient (Wildman–Crippen LogP) is 2.35. The number of methoxy groups -OCH3 is 1. The van der Waals surface area contributed by atoms with Crippen molar-refractivity contribution in [3.05, 3.63) is 17.9 Å². The van der Waals surface area contributed by atoms with E-state index in [4.69, 9.17) is 15.2 Å². The first-order chi connectivity index (χ1) is 7.20. The van der Waals surface area contributed by atoms with Crippen LogP contribution in [0.1, 0.15) is 19.3 Å². The van der Waals surface area contributed by atoms with E-state index in [1.165, 1.54) is 25.7 Å². The van der Waals surface area contributed by atoms with E-state index in [0.29, 0.717) is 11.4 Å². The van der Waals surface area contributed by atoms with Crippen LogP contribution in [0.25, 0.3) is 0 Å². The van der Waals surface area contributed by atoms with Gasteiger partial charge in [-0.1, -0.05) is 0 Å². The van der Waals surface area contributed by atoms with Crippen molar-refractivity contribution < 1.29 is 13.9 Å². The van der Waals surface area contributed by atoms with Gasteiger partial charge in [-0.15, -0.1) is 0 Å². The lowest BCUT2D eigenvalue weighted by atomic mass is 9.96. The molecule has 2 N–H and O–H groups in total. The highest BCUT2D eigenvalue weighted by atomic mass is 19.1. The fraction of sp³-hybridized carbons (Fsp3) is 0.455. The second kappa shape index (κ2) is 3.96. The Morgan fingerprint density at radius 3 is 2.60 bits per heavy atom. The van der Waals surface area contributed by atoms with Gasteiger partial charge in [-0.3, -0.25) is 0 Å². The SMILES string of the molecule is COc1cc(OC2CCC2)c(N)cc1F. The van der Waals surface area contributed by atoms with Crippen LogP contribution in [0.5, 0.6) is 11.5 Å². The first-order valence-corrected chi connectivity index (χ1v) is 5.00. The lowest BCUT2D eigenvalue weighted by Gasteiger charge is -2.27. The minimum absolute atomic E-state index is 0.165. The van der Waals surface area contributed by atoms with Crippen LogP contribution in [0.4, 0.5) is 10.1 Å². The molecule has 1 aromatic carbocycles. The molecule has 3 nitrogen and oxygen atoms in total. The molecule has 0 bridgehead atoms. The molecule has 0 radical (unpaired) electrons. The molecule has 0 aliphatic heterocycles. The van der Waals surface area contributed by atoms with E-state index in [1.807, 2.05) is 0 Å². The minimum atomic E-state index is -0.462. The maximum absolute atomic E-state index is 13.2. The van der Waals surface area contributed by atoms with Crippen LogP contribution in [0.15, 0.2) is 12.1 Å². The first-order valence-electron chi connectivity index (χ1n) is 5.00. The minimum Gasteiger partial charge on any atom is -0.494 e. The molecule has 2 rings (SSSR count). The van der Waals surface area contributed by atoms with Crippen molar-refractivity contribution in [3.8, 4) is 11.5 Å². The van der Waals surface area contributed by atoms with Gasteiger partial charge in [0.05, 0.1) is 18.9 Å². The summed E-state index contributed by atoms with van der Waals surface area (Å²) in [4.78, 5) is 0. The standard InChI is InChI=1S/C11H14FNO2/c1-14-10-6-11(9(13)5-8(10)12)15-7-3-2-4-7/h5-7H,2-4,13H2,1H3. The Morgan fingerprint density at radius 1 is 1.33 bits per heavy atom. The molecule has 1 aromatic rings. The van der Waals surface area contributed by atoms with Crippen molar-refractivity contribution in [3.63, 3.8) is 0 Å². The average Bonchev–Trinajstić information content (AvgIpc) is 2.14. The Kier molecular flexibility index (Phi) is 2.66. The Morgan fingerprint density at radius 2 is 2.07 bits per heavy atom. The first kappa shape index (κ1) is 10.1. The molecular formula is C11H14FNO2. The van der Waals surface area contributed by atoms with Gasteiger partial charge < -0.3 is 15.2 Å². The van der Waals surface area contributed by atoms with E-state index in [0.717, 1.165) is 12.8 Å². The molecule has 82 valence electrons. The lowest BCUT2D eigenvalue weighted by molar-refractivity contribution is 0.120. The Balaban J connectivity index is 2.21. The lowest BCUT2D eigenvalue weighted by Crippen LogP contribution is -2.25. The van der Waals surface area contributed by atoms with Gasteiger partial charge in [0.2, 0.25) is 0 Å². The molecule has 1 saturated carbocycles. The van der Waals surface area contributed by atoms with Gasteiger partial charge in [-0.2, -0.15) is 0 Å². The van der Waals surface area contributed by atoms with Gasteiger partial charge in [-0.25, -0.2) is 4.39 Å². The van der Waals surface area contributed by atoms with Crippen LogP contribution in [-0.2, 0) is 0 Å². The molecule has 0 unspecified atom stereocenters. The van der Waals surface area contributed by atoms with Gasteiger partial charge in [-0.05, 0) is 19.3 Å². The molecule has 0 saturated heterocycles. The zero-order valence-electron chi connectivity index (χ0n) is 8.63. The predicted molar refractivity (Wildman–Crippen MR) is 55.6 cm³/mol. The molecule has 0 atom stereocenters. The van der Waals surface area contributed by atoms with Crippen molar-refractivity contribution >= 4 is 5.69 Å². The Bertz CT molecular complexity index is 364. The summed E-state index contributed by atoms with van der Waals surface area (Å²) in [6.07, 6.45) is 3.49. The van der Waals surface area contributed by atoms with Crippen LogP contribution in [0, 0.1) is 5.82 Å². The van der Waals surface area contributed by atoms with E-state index >= 15 is 0 Å². The van der Waals surface area contributed by atoms with Crippen molar-refractivity contribution in [2.24, 2.45) is 0 Å². The van der Waals surface area contributed by atoms with Crippen LogP contribution in [-0.4, -0.2) is 13.2 Å². The highest BCUT2D eigenvalue weighted by Crippen LogP contribution is 2.33. The quantitative estimate of drug-likeness (QED) is 0.780. The fourth-order valence-electron chi connectivity index (χ4n) is 1.48. The Labute approximate surface area is 88.0 Å². The van der Waals surface area contributed by atoms with Gasteiger partial charge >= 0.3 is 0 Å². The van der Waals surface area contributed by atoms with Gasteiger partial charge in [0.15, 0.2) is 11.6 Å². The summed E-state index contributed by atoms with van der Waals surface area (Å²) in [5.41, 5.74) is 5.97. The highest BCUT2D eigenvalue weighted by Gasteiger charge is 2.21. The van der Waals surface area contributed by atoms with Crippen molar-refractivity contribution in [2.75, 3.05) is 12.8 Å². The molecule has 0 spiro atoms. The van der Waals surface area contributed by atoms with Gasteiger partial charge in [0.1, 0.15) is 5.75 Å². The van der Waals surface area contributed by atoms with Crippen LogP contribution in [0.3, 0.4) is 0 Å². The van der Waals surface area contributed by atoms with Gasteiger partial charge in [0, 0.05) is 12.1 Å². The smallest absolute Gasteiger partial charge is 0.167 e. The number of anilines is 1. The third-order valence-corrected chi connectivity index (χ3v) is 2.63.